The average Bonchev–Trinajstić information content (AvgIpc) is 3.17. The zero-order chi connectivity index (χ0) is 19.8. The Kier molecular flexibility index (Phi) is 5.16. The number of halogens is 1. The monoisotopic (exact) mass is 392 g/mol. The minimum atomic E-state index is -3.87. The molecule has 0 aliphatic heterocycles. The van der Waals surface area contributed by atoms with Gasteiger partial charge in [0.25, 0.3) is 5.89 Å². The third kappa shape index (κ3) is 3.52. The smallest absolute Gasteiger partial charge is 0.264 e. The standard InChI is InChI=1S/C18H21FN4O3S/c1-5-15-21-22-18(26-15)16-11(2)17(12(3)23(16)4)27(24,25)20-10-13-8-6-7-9-14(13)19/h6-9,20H,5,10H2,1-4H3. The van der Waals surface area contributed by atoms with Crippen LogP contribution in [-0.2, 0) is 30.0 Å². The normalized spacial score (nSPS) is 11.9. The highest BCUT2D eigenvalue weighted by atomic mass is 32.2. The zero-order valence-corrected chi connectivity index (χ0v) is 16.4. The van der Waals surface area contributed by atoms with Gasteiger partial charge in [-0.3, -0.25) is 0 Å². The van der Waals surface area contributed by atoms with Gasteiger partial charge in [-0.15, -0.1) is 10.2 Å². The molecule has 2 heterocycles. The van der Waals surface area contributed by atoms with Crippen LogP contribution in [0.2, 0.25) is 0 Å². The molecule has 0 saturated heterocycles. The van der Waals surface area contributed by atoms with Crippen LogP contribution < -0.4 is 4.72 Å². The molecule has 9 heteroatoms. The number of benzene rings is 1. The van der Waals surface area contributed by atoms with Crippen LogP contribution in [0.15, 0.2) is 33.6 Å². The predicted molar refractivity (Wildman–Crippen MR) is 98.0 cm³/mol. The maximum absolute atomic E-state index is 13.8. The highest BCUT2D eigenvalue weighted by molar-refractivity contribution is 7.89. The first-order valence-corrected chi connectivity index (χ1v) is 9.96. The van der Waals surface area contributed by atoms with Crippen LogP contribution in [0.1, 0.15) is 29.6 Å². The fraction of sp³-hybridized carbons (Fsp3) is 0.333. The van der Waals surface area contributed by atoms with E-state index in [9.17, 15) is 12.8 Å². The lowest BCUT2D eigenvalue weighted by atomic mass is 10.2. The molecule has 0 bridgehead atoms. The molecule has 0 atom stereocenters. The lowest BCUT2D eigenvalue weighted by Gasteiger charge is -2.08. The van der Waals surface area contributed by atoms with Crippen molar-refractivity contribution in [2.75, 3.05) is 0 Å². The third-order valence-corrected chi connectivity index (χ3v) is 6.18. The molecule has 7 nitrogen and oxygen atoms in total. The van der Waals surface area contributed by atoms with E-state index >= 15 is 0 Å². The van der Waals surface area contributed by atoms with E-state index in [0.717, 1.165) is 0 Å². The van der Waals surface area contributed by atoms with Crippen molar-refractivity contribution in [2.24, 2.45) is 7.05 Å². The molecule has 0 aliphatic carbocycles. The molecule has 0 aliphatic rings. The first-order valence-electron chi connectivity index (χ1n) is 8.48. The summed E-state index contributed by atoms with van der Waals surface area (Å²) in [5.74, 6) is 0.288. The van der Waals surface area contributed by atoms with Crippen molar-refractivity contribution in [2.45, 2.75) is 38.6 Å². The van der Waals surface area contributed by atoms with E-state index in [4.69, 9.17) is 4.42 Å². The number of aromatic nitrogens is 3. The maximum Gasteiger partial charge on any atom is 0.264 e. The summed E-state index contributed by atoms with van der Waals surface area (Å²) >= 11 is 0. The van der Waals surface area contributed by atoms with Gasteiger partial charge in [0.2, 0.25) is 15.9 Å². The number of aryl methyl sites for hydroxylation is 1. The van der Waals surface area contributed by atoms with Gasteiger partial charge in [0, 0.05) is 36.8 Å². The van der Waals surface area contributed by atoms with Gasteiger partial charge in [-0.05, 0) is 19.9 Å². The fourth-order valence-electron chi connectivity index (χ4n) is 3.03. The fourth-order valence-corrected chi connectivity index (χ4v) is 4.54. The van der Waals surface area contributed by atoms with Gasteiger partial charge in [0.05, 0.1) is 0 Å². The van der Waals surface area contributed by atoms with E-state index in [1.807, 2.05) is 6.92 Å². The van der Waals surface area contributed by atoms with Crippen LogP contribution in [0.5, 0.6) is 0 Å². The molecule has 27 heavy (non-hydrogen) atoms. The summed E-state index contributed by atoms with van der Waals surface area (Å²) in [7, 11) is -2.13. The minimum Gasteiger partial charge on any atom is -0.419 e. The Morgan fingerprint density at radius 3 is 2.56 bits per heavy atom. The van der Waals surface area contributed by atoms with Crippen molar-refractivity contribution < 1.29 is 17.2 Å². The van der Waals surface area contributed by atoms with Gasteiger partial charge in [0.15, 0.2) is 0 Å². The second-order valence-electron chi connectivity index (χ2n) is 6.22. The highest BCUT2D eigenvalue weighted by Gasteiger charge is 2.28. The summed E-state index contributed by atoms with van der Waals surface area (Å²) in [4.78, 5) is 0.132. The summed E-state index contributed by atoms with van der Waals surface area (Å²) in [5.41, 5.74) is 1.85. The third-order valence-electron chi connectivity index (χ3n) is 4.51. The van der Waals surface area contributed by atoms with E-state index in [1.54, 1.807) is 43.7 Å². The predicted octanol–water partition coefficient (Wildman–Crippen LogP) is 2.87. The molecule has 0 saturated carbocycles. The lowest BCUT2D eigenvalue weighted by molar-refractivity contribution is 0.508. The zero-order valence-electron chi connectivity index (χ0n) is 15.6. The Balaban J connectivity index is 1.98. The Bertz CT molecular complexity index is 1090. The molecule has 3 rings (SSSR count). The van der Waals surface area contributed by atoms with Crippen LogP contribution >= 0.6 is 0 Å². The molecule has 0 unspecified atom stereocenters. The largest absolute Gasteiger partial charge is 0.419 e. The van der Waals surface area contributed by atoms with Crippen molar-refractivity contribution in [1.29, 1.82) is 0 Å². The van der Waals surface area contributed by atoms with Crippen LogP contribution in [0.25, 0.3) is 11.6 Å². The van der Waals surface area contributed by atoms with E-state index in [1.165, 1.54) is 6.07 Å². The lowest BCUT2D eigenvalue weighted by Crippen LogP contribution is -2.24. The Morgan fingerprint density at radius 2 is 1.93 bits per heavy atom. The molecule has 3 aromatic rings. The number of hydrogen-bond acceptors (Lipinski definition) is 5. The van der Waals surface area contributed by atoms with Crippen LogP contribution in [-0.4, -0.2) is 23.2 Å². The van der Waals surface area contributed by atoms with Gasteiger partial charge in [-0.1, -0.05) is 25.1 Å². The van der Waals surface area contributed by atoms with E-state index in [2.05, 4.69) is 14.9 Å². The van der Waals surface area contributed by atoms with Gasteiger partial charge < -0.3 is 8.98 Å². The SMILES string of the molecule is CCc1nnc(-c2c(C)c(S(=O)(=O)NCc3ccccc3F)c(C)n2C)o1. The summed E-state index contributed by atoms with van der Waals surface area (Å²) in [6, 6.07) is 6.05. The molecule has 2 aromatic heterocycles. The molecule has 144 valence electrons. The topological polar surface area (TPSA) is 90.0 Å². The quantitative estimate of drug-likeness (QED) is 0.697. The highest BCUT2D eigenvalue weighted by Crippen LogP contribution is 2.32. The van der Waals surface area contributed by atoms with Crippen LogP contribution in [0.4, 0.5) is 4.39 Å². The first-order chi connectivity index (χ1) is 12.8. The number of nitrogens with zero attached hydrogens (tertiary/aromatic N) is 3. The Labute approximate surface area is 157 Å². The molecular formula is C18H21FN4O3S. The summed E-state index contributed by atoms with van der Waals surface area (Å²) < 4.78 is 49.4. The molecule has 0 fully saturated rings. The number of sulfonamides is 1. The maximum atomic E-state index is 13.8. The Hall–Kier alpha value is -2.52. The number of nitrogens with one attached hydrogen (secondary N) is 1. The number of hydrogen-bond donors (Lipinski definition) is 1. The average molecular weight is 392 g/mol. The first kappa shape index (κ1) is 19.2. The van der Waals surface area contributed by atoms with Gasteiger partial charge in [-0.25, -0.2) is 17.5 Å². The van der Waals surface area contributed by atoms with Crippen molar-refractivity contribution in [3.63, 3.8) is 0 Å². The molecule has 0 amide bonds. The van der Waals surface area contributed by atoms with Gasteiger partial charge in [0.1, 0.15) is 16.4 Å². The van der Waals surface area contributed by atoms with Crippen molar-refractivity contribution >= 4 is 10.0 Å². The number of rotatable bonds is 6. The molecular weight excluding hydrogens is 371 g/mol. The van der Waals surface area contributed by atoms with Crippen molar-refractivity contribution in [3.8, 4) is 11.6 Å². The molecule has 0 spiro atoms. The summed E-state index contributed by atoms with van der Waals surface area (Å²) in [6.07, 6.45) is 0.588. The van der Waals surface area contributed by atoms with Crippen molar-refractivity contribution in [1.82, 2.24) is 19.5 Å². The Morgan fingerprint density at radius 1 is 1.22 bits per heavy atom. The second-order valence-corrected chi connectivity index (χ2v) is 7.92. The molecule has 1 aromatic carbocycles. The summed E-state index contributed by atoms with van der Waals surface area (Å²) in [6.45, 7) is 5.14. The van der Waals surface area contributed by atoms with E-state index in [0.29, 0.717) is 29.3 Å². The van der Waals surface area contributed by atoms with Crippen LogP contribution in [0, 0.1) is 19.7 Å². The van der Waals surface area contributed by atoms with Gasteiger partial charge in [-0.2, -0.15) is 0 Å². The van der Waals surface area contributed by atoms with E-state index < -0.39 is 15.8 Å². The summed E-state index contributed by atoms with van der Waals surface area (Å²) in [5, 5.41) is 7.96. The minimum absolute atomic E-state index is 0.132. The molecule has 1 N–H and O–H groups in total. The molecule has 0 radical (unpaired) electrons. The second kappa shape index (κ2) is 7.24. The van der Waals surface area contributed by atoms with E-state index in [-0.39, 0.29) is 22.9 Å². The van der Waals surface area contributed by atoms with Crippen molar-refractivity contribution in [3.05, 3.63) is 52.8 Å². The van der Waals surface area contributed by atoms with Gasteiger partial charge >= 0.3 is 0 Å². The van der Waals surface area contributed by atoms with Crippen LogP contribution in [0.3, 0.4) is 0 Å².